The monoisotopic (exact) mass is 240 g/mol. The van der Waals surface area contributed by atoms with Crippen molar-refractivity contribution in [3.8, 4) is 0 Å². The van der Waals surface area contributed by atoms with Crippen LogP contribution in [0.3, 0.4) is 0 Å². The van der Waals surface area contributed by atoms with E-state index in [1.807, 2.05) is 11.3 Å². The number of hydrogen-bond acceptors (Lipinski definition) is 4. The average Bonchev–Trinajstić information content (AvgIpc) is 2.74. The minimum atomic E-state index is 0.742. The Hall–Kier alpha value is -0.0600. The Balaban J connectivity index is 1.82. The first-order valence-corrected chi connectivity index (χ1v) is 7.67. The maximum Gasteiger partial charge on any atom is 0.0963 e. The molecule has 0 spiro atoms. The molecular formula is C11H16N2S2. The molecule has 0 aromatic carbocycles. The molecule has 0 bridgehead atoms. The summed E-state index contributed by atoms with van der Waals surface area (Å²) in [6, 6.07) is 0. The van der Waals surface area contributed by atoms with Crippen LogP contribution in [0.4, 0.5) is 0 Å². The van der Waals surface area contributed by atoms with Gasteiger partial charge in [0.15, 0.2) is 0 Å². The second-order valence-electron chi connectivity index (χ2n) is 4.25. The molecule has 2 nitrogen and oxygen atoms in total. The number of nitrogens with zero attached hydrogens (tertiary/aromatic N) is 1. The molecule has 15 heavy (non-hydrogen) atoms. The molecule has 0 amide bonds. The van der Waals surface area contributed by atoms with E-state index in [0.717, 1.165) is 5.92 Å². The van der Waals surface area contributed by atoms with Crippen molar-refractivity contribution in [1.29, 1.82) is 0 Å². The summed E-state index contributed by atoms with van der Waals surface area (Å²) in [6.07, 6.45) is 3.75. The number of rotatable bonds is 1. The third-order valence-corrected chi connectivity index (χ3v) is 5.63. The maximum atomic E-state index is 4.85. The fourth-order valence-electron chi connectivity index (χ4n) is 2.29. The molecule has 3 rings (SSSR count). The lowest BCUT2D eigenvalue weighted by Gasteiger charge is -2.20. The van der Waals surface area contributed by atoms with Gasteiger partial charge in [-0.15, -0.1) is 11.3 Å². The molecule has 0 aliphatic carbocycles. The van der Waals surface area contributed by atoms with Crippen molar-refractivity contribution < 1.29 is 0 Å². The molecule has 4 heteroatoms. The molecule has 0 radical (unpaired) electrons. The number of fused-ring (bicyclic) bond motifs is 1. The van der Waals surface area contributed by atoms with Crippen LogP contribution in [-0.2, 0) is 12.2 Å². The first kappa shape index (κ1) is 10.1. The molecule has 1 saturated heterocycles. The van der Waals surface area contributed by atoms with Crippen molar-refractivity contribution >= 4 is 23.1 Å². The SMILES string of the molecule is C1CC(c2nc3c(s2)CSCC3)CCN1. The van der Waals surface area contributed by atoms with Crippen molar-refractivity contribution in [3.63, 3.8) is 0 Å². The van der Waals surface area contributed by atoms with Gasteiger partial charge in [0.05, 0.1) is 10.7 Å². The predicted octanol–water partition coefficient (Wildman–Crippen LogP) is 2.40. The molecule has 2 aliphatic heterocycles. The molecule has 1 aromatic rings. The van der Waals surface area contributed by atoms with Crippen molar-refractivity contribution in [2.24, 2.45) is 0 Å². The van der Waals surface area contributed by atoms with Gasteiger partial charge >= 0.3 is 0 Å². The lowest BCUT2D eigenvalue weighted by molar-refractivity contribution is 0.458. The Morgan fingerprint density at radius 1 is 1.27 bits per heavy atom. The number of aromatic nitrogens is 1. The van der Waals surface area contributed by atoms with Crippen LogP contribution in [0.15, 0.2) is 0 Å². The Morgan fingerprint density at radius 2 is 2.13 bits per heavy atom. The highest BCUT2D eigenvalue weighted by Crippen LogP contribution is 2.35. The fraction of sp³-hybridized carbons (Fsp3) is 0.727. The van der Waals surface area contributed by atoms with E-state index in [-0.39, 0.29) is 0 Å². The zero-order valence-electron chi connectivity index (χ0n) is 8.79. The van der Waals surface area contributed by atoms with Crippen LogP contribution in [0.1, 0.15) is 34.3 Å². The first-order chi connectivity index (χ1) is 7.43. The normalized spacial score (nSPS) is 22.7. The summed E-state index contributed by atoms with van der Waals surface area (Å²) in [4.78, 5) is 6.41. The summed E-state index contributed by atoms with van der Waals surface area (Å²) in [7, 11) is 0. The number of nitrogens with one attached hydrogen (secondary N) is 1. The van der Waals surface area contributed by atoms with Gasteiger partial charge in [0.2, 0.25) is 0 Å². The second-order valence-corrected chi connectivity index (χ2v) is 6.47. The summed E-state index contributed by atoms with van der Waals surface area (Å²) in [5.74, 6) is 3.22. The van der Waals surface area contributed by atoms with Crippen LogP contribution < -0.4 is 5.32 Å². The van der Waals surface area contributed by atoms with Gasteiger partial charge in [0.25, 0.3) is 0 Å². The molecule has 0 unspecified atom stereocenters. The number of piperidine rings is 1. The molecule has 1 N–H and O–H groups in total. The van der Waals surface area contributed by atoms with E-state index in [9.17, 15) is 0 Å². The smallest absolute Gasteiger partial charge is 0.0963 e. The van der Waals surface area contributed by atoms with Gasteiger partial charge in [0, 0.05) is 16.5 Å². The van der Waals surface area contributed by atoms with Crippen LogP contribution in [-0.4, -0.2) is 23.8 Å². The van der Waals surface area contributed by atoms with Gasteiger partial charge in [-0.3, -0.25) is 0 Å². The average molecular weight is 240 g/mol. The minimum Gasteiger partial charge on any atom is -0.317 e. The molecule has 1 fully saturated rings. The quantitative estimate of drug-likeness (QED) is 0.816. The topological polar surface area (TPSA) is 24.9 Å². The Morgan fingerprint density at radius 3 is 2.93 bits per heavy atom. The van der Waals surface area contributed by atoms with Crippen LogP contribution >= 0.6 is 23.1 Å². The van der Waals surface area contributed by atoms with Gasteiger partial charge in [-0.2, -0.15) is 11.8 Å². The summed E-state index contributed by atoms with van der Waals surface area (Å²) in [6.45, 7) is 2.34. The van der Waals surface area contributed by atoms with E-state index >= 15 is 0 Å². The summed E-state index contributed by atoms with van der Waals surface area (Å²) < 4.78 is 0. The van der Waals surface area contributed by atoms with E-state index in [4.69, 9.17) is 4.98 Å². The van der Waals surface area contributed by atoms with E-state index < -0.39 is 0 Å². The highest BCUT2D eigenvalue weighted by Gasteiger charge is 2.22. The fourth-order valence-corrected chi connectivity index (χ4v) is 4.68. The lowest BCUT2D eigenvalue weighted by atomic mass is 9.99. The Kier molecular flexibility index (Phi) is 2.99. The van der Waals surface area contributed by atoms with Crippen LogP contribution in [0.25, 0.3) is 0 Å². The van der Waals surface area contributed by atoms with Crippen molar-refractivity contribution in [1.82, 2.24) is 10.3 Å². The molecule has 82 valence electrons. The van der Waals surface area contributed by atoms with Crippen molar-refractivity contribution in [2.45, 2.75) is 30.9 Å². The predicted molar refractivity (Wildman–Crippen MR) is 66.8 cm³/mol. The number of hydrogen-bond donors (Lipinski definition) is 1. The maximum absolute atomic E-state index is 4.85. The number of aryl methyl sites for hydroxylation is 1. The highest BCUT2D eigenvalue weighted by atomic mass is 32.2. The molecule has 0 atom stereocenters. The summed E-state index contributed by atoms with van der Waals surface area (Å²) in [5, 5.41) is 4.84. The van der Waals surface area contributed by atoms with Crippen LogP contribution in [0.2, 0.25) is 0 Å². The van der Waals surface area contributed by atoms with Gasteiger partial charge in [-0.25, -0.2) is 4.98 Å². The molecule has 0 saturated carbocycles. The van der Waals surface area contributed by atoms with E-state index in [0.29, 0.717) is 0 Å². The Labute approximate surface area is 98.9 Å². The van der Waals surface area contributed by atoms with E-state index in [1.54, 1.807) is 4.88 Å². The van der Waals surface area contributed by atoms with Crippen LogP contribution in [0.5, 0.6) is 0 Å². The van der Waals surface area contributed by atoms with E-state index in [1.165, 1.54) is 54.6 Å². The molecule has 1 aromatic heterocycles. The van der Waals surface area contributed by atoms with Gasteiger partial charge in [0.1, 0.15) is 0 Å². The largest absolute Gasteiger partial charge is 0.317 e. The van der Waals surface area contributed by atoms with Gasteiger partial charge in [-0.1, -0.05) is 0 Å². The molecular weight excluding hydrogens is 224 g/mol. The van der Waals surface area contributed by atoms with Gasteiger partial charge in [-0.05, 0) is 38.1 Å². The van der Waals surface area contributed by atoms with Crippen LogP contribution in [0, 0.1) is 0 Å². The minimum absolute atomic E-state index is 0.742. The zero-order valence-corrected chi connectivity index (χ0v) is 10.4. The summed E-state index contributed by atoms with van der Waals surface area (Å²) >= 11 is 4.04. The summed E-state index contributed by atoms with van der Waals surface area (Å²) in [5.41, 5.74) is 1.41. The molecule has 2 aliphatic rings. The van der Waals surface area contributed by atoms with E-state index in [2.05, 4.69) is 17.1 Å². The third-order valence-electron chi connectivity index (χ3n) is 3.20. The Bertz CT molecular complexity index is 319. The van der Waals surface area contributed by atoms with Crippen molar-refractivity contribution in [3.05, 3.63) is 15.6 Å². The lowest BCUT2D eigenvalue weighted by Crippen LogP contribution is -2.26. The van der Waals surface area contributed by atoms with Gasteiger partial charge < -0.3 is 5.32 Å². The number of thioether (sulfide) groups is 1. The second kappa shape index (κ2) is 4.44. The first-order valence-electron chi connectivity index (χ1n) is 5.70. The number of thiazole rings is 1. The third kappa shape index (κ3) is 2.08. The highest BCUT2D eigenvalue weighted by molar-refractivity contribution is 7.98. The van der Waals surface area contributed by atoms with Crippen molar-refractivity contribution in [2.75, 3.05) is 18.8 Å². The molecule has 3 heterocycles. The standard InChI is InChI=1S/C11H16N2S2/c1-4-12-5-2-8(1)11-13-9-3-6-14-7-10(9)15-11/h8,12H,1-7H2. The zero-order chi connectivity index (χ0) is 10.1.